The smallest absolute Gasteiger partial charge is 0.338 e. The van der Waals surface area contributed by atoms with Crippen LogP contribution in [0.5, 0.6) is 0 Å². The largest absolute Gasteiger partial charge is 0.465 e. The van der Waals surface area contributed by atoms with Crippen LogP contribution in [0, 0.1) is 11.6 Å². The first kappa shape index (κ1) is 19.8. The van der Waals surface area contributed by atoms with Crippen LogP contribution < -0.4 is 16.4 Å². The van der Waals surface area contributed by atoms with Crippen molar-refractivity contribution in [2.45, 2.75) is 0 Å². The minimum absolute atomic E-state index is 0.0660. The number of hydrogen-bond acceptors (Lipinski definition) is 5. The summed E-state index contributed by atoms with van der Waals surface area (Å²) in [5, 5.41) is 5.95. The van der Waals surface area contributed by atoms with Crippen LogP contribution in [0.25, 0.3) is 0 Å². The first-order chi connectivity index (χ1) is 13.9. The van der Waals surface area contributed by atoms with Crippen molar-refractivity contribution in [3.63, 3.8) is 0 Å². The third-order valence-corrected chi connectivity index (χ3v) is 4.04. The topological polar surface area (TPSA) is 93.4 Å². The van der Waals surface area contributed by atoms with Gasteiger partial charge in [0.2, 0.25) is 5.91 Å². The minimum atomic E-state index is -0.843. The molecule has 8 heteroatoms. The number of amides is 1. The summed E-state index contributed by atoms with van der Waals surface area (Å²) in [6.45, 7) is 0. The van der Waals surface area contributed by atoms with Crippen molar-refractivity contribution in [2.24, 2.45) is 5.73 Å². The Hall–Kier alpha value is -3.94. The molecular weight excluding hydrogens is 380 g/mol. The van der Waals surface area contributed by atoms with Gasteiger partial charge in [-0.3, -0.25) is 4.79 Å². The molecule has 0 aliphatic rings. The van der Waals surface area contributed by atoms with Gasteiger partial charge < -0.3 is 21.1 Å². The molecule has 1 amide bonds. The van der Waals surface area contributed by atoms with E-state index in [9.17, 15) is 18.4 Å². The lowest BCUT2D eigenvalue weighted by atomic mass is 10.0. The Morgan fingerprint density at radius 1 is 0.828 bits per heavy atom. The molecule has 0 unspecified atom stereocenters. The summed E-state index contributed by atoms with van der Waals surface area (Å²) in [6, 6.07) is 14.0. The first-order valence-electron chi connectivity index (χ1n) is 8.48. The molecule has 0 radical (unpaired) electrons. The van der Waals surface area contributed by atoms with Crippen molar-refractivity contribution in [1.29, 1.82) is 0 Å². The third kappa shape index (κ3) is 4.67. The Labute approximate surface area is 165 Å². The number of esters is 1. The van der Waals surface area contributed by atoms with E-state index in [1.807, 2.05) is 0 Å². The quantitative estimate of drug-likeness (QED) is 0.538. The van der Waals surface area contributed by atoms with Gasteiger partial charge in [-0.05, 0) is 48.5 Å². The number of anilines is 4. The summed E-state index contributed by atoms with van der Waals surface area (Å²) >= 11 is 0. The van der Waals surface area contributed by atoms with Gasteiger partial charge in [0.1, 0.15) is 11.6 Å². The van der Waals surface area contributed by atoms with E-state index in [1.54, 1.807) is 12.1 Å². The number of carbonyl (C=O) groups is 2. The average Bonchev–Trinajstić information content (AvgIpc) is 2.68. The number of nitrogens with one attached hydrogen (secondary N) is 2. The Morgan fingerprint density at radius 2 is 1.31 bits per heavy atom. The number of primary amides is 1. The summed E-state index contributed by atoms with van der Waals surface area (Å²) in [4.78, 5) is 24.0. The van der Waals surface area contributed by atoms with Crippen LogP contribution in [0.1, 0.15) is 20.7 Å². The van der Waals surface area contributed by atoms with Crippen molar-refractivity contribution in [2.75, 3.05) is 17.7 Å². The van der Waals surface area contributed by atoms with E-state index in [2.05, 4.69) is 10.6 Å². The summed E-state index contributed by atoms with van der Waals surface area (Å²) in [7, 11) is 1.17. The van der Waals surface area contributed by atoms with E-state index in [0.29, 0.717) is 22.7 Å². The average molecular weight is 397 g/mol. The molecule has 0 fully saturated rings. The van der Waals surface area contributed by atoms with E-state index >= 15 is 0 Å². The molecule has 0 aromatic heterocycles. The lowest BCUT2D eigenvalue weighted by Crippen LogP contribution is -2.18. The molecule has 29 heavy (non-hydrogen) atoms. The van der Waals surface area contributed by atoms with Gasteiger partial charge in [-0.15, -0.1) is 0 Å². The molecule has 148 valence electrons. The van der Waals surface area contributed by atoms with Crippen LogP contribution >= 0.6 is 0 Å². The molecule has 3 aromatic rings. The molecular formula is C21H17F2N3O3. The molecule has 0 saturated heterocycles. The molecule has 0 aliphatic heterocycles. The van der Waals surface area contributed by atoms with Gasteiger partial charge in [0, 0.05) is 11.4 Å². The molecule has 0 atom stereocenters. The number of benzene rings is 3. The Morgan fingerprint density at radius 3 is 1.72 bits per heavy atom. The number of ether oxygens (including phenoxy) is 1. The molecule has 4 N–H and O–H groups in total. The van der Waals surface area contributed by atoms with Crippen LogP contribution in [-0.2, 0) is 4.74 Å². The van der Waals surface area contributed by atoms with Gasteiger partial charge in [0.25, 0.3) is 0 Å². The molecule has 0 bridgehead atoms. The first-order valence-corrected chi connectivity index (χ1v) is 8.48. The zero-order chi connectivity index (χ0) is 21.0. The molecule has 3 rings (SSSR count). The number of methoxy groups -OCH3 is 1. The summed E-state index contributed by atoms with van der Waals surface area (Å²) in [6.07, 6.45) is 0. The van der Waals surface area contributed by atoms with Crippen LogP contribution in [0.2, 0.25) is 0 Å². The Balaban J connectivity index is 2.13. The predicted molar refractivity (Wildman–Crippen MR) is 106 cm³/mol. The van der Waals surface area contributed by atoms with Gasteiger partial charge in [-0.25, -0.2) is 13.6 Å². The third-order valence-electron chi connectivity index (χ3n) is 4.04. The predicted octanol–water partition coefficient (Wildman–Crippen LogP) is 4.34. The standard InChI is InChI=1S/C21H17F2N3O3/c1-29-21(28)17-11-19(26-15-7-3-5-13(23)9-15)18(10-16(17)20(24)27)25-14-6-2-4-12(22)8-14/h2-11,25-26H,1H3,(H2,24,27). The van der Waals surface area contributed by atoms with Gasteiger partial charge in [0.15, 0.2) is 0 Å². The Bertz CT molecular complexity index is 1090. The summed E-state index contributed by atoms with van der Waals surface area (Å²) < 4.78 is 31.8. The van der Waals surface area contributed by atoms with Crippen molar-refractivity contribution in [1.82, 2.24) is 0 Å². The summed E-state index contributed by atoms with van der Waals surface area (Å²) in [5.74, 6) is -2.53. The van der Waals surface area contributed by atoms with Crippen LogP contribution in [0.4, 0.5) is 31.5 Å². The molecule has 0 aliphatic carbocycles. The fourth-order valence-corrected chi connectivity index (χ4v) is 2.73. The SMILES string of the molecule is COC(=O)c1cc(Nc2cccc(F)c2)c(Nc2cccc(F)c2)cc1C(N)=O. The zero-order valence-electron chi connectivity index (χ0n) is 15.3. The maximum Gasteiger partial charge on any atom is 0.338 e. The number of hydrogen-bond donors (Lipinski definition) is 3. The lowest BCUT2D eigenvalue weighted by Gasteiger charge is -2.17. The molecule has 3 aromatic carbocycles. The molecule has 0 spiro atoms. The highest BCUT2D eigenvalue weighted by Crippen LogP contribution is 2.32. The fraction of sp³-hybridized carbons (Fsp3) is 0.0476. The van der Waals surface area contributed by atoms with E-state index in [-0.39, 0.29) is 11.1 Å². The van der Waals surface area contributed by atoms with Crippen LogP contribution in [0.3, 0.4) is 0 Å². The highest BCUT2D eigenvalue weighted by Gasteiger charge is 2.20. The second-order valence-corrected chi connectivity index (χ2v) is 6.07. The van der Waals surface area contributed by atoms with E-state index in [4.69, 9.17) is 10.5 Å². The van der Waals surface area contributed by atoms with Gasteiger partial charge >= 0.3 is 5.97 Å². The van der Waals surface area contributed by atoms with E-state index < -0.39 is 23.5 Å². The monoisotopic (exact) mass is 397 g/mol. The molecule has 6 nitrogen and oxygen atoms in total. The highest BCUT2D eigenvalue weighted by molar-refractivity contribution is 6.07. The van der Waals surface area contributed by atoms with Crippen LogP contribution in [-0.4, -0.2) is 19.0 Å². The van der Waals surface area contributed by atoms with Crippen molar-refractivity contribution in [3.8, 4) is 0 Å². The summed E-state index contributed by atoms with van der Waals surface area (Å²) in [5.41, 5.74) is 6.70. The number of halogens is 2. The highest BCUT2D eigenvalue weighted by atomic mass is 19.1. The Kier molecular flexibility index (Phi) is 5.73. The fourth-order valence-electron chi connectivity index (χ4n) is 2.73. The second kappa shape index (κ2) is 8.39. The van der Waals surface area contributed by atoms with Crippen molar-refractivity contribution < 1.29 is 23.1 Å². The second-order valence-electron chi connectivity index (χ2n) is 6.07. The van der Waals surface area contributed by atoms with Crippen LogP contribution in [0.15, 0.2) is 60.7 Å². The maximum atomic E-state index is 13.6. The van der Waals surface area contributed by atoms with Crippen molar-refractivity contribution in [3.05, 3.63) is 83.4 Å². The van der Waals surface area contributed by atoms with Crippen molar-refractivity contribution >= 4 is 34.6 Å². The number of carbonyl (C=O) groups excluding carboxylic acids is 2. The normalized spacial score (nSPS) is 10.3. The van der Waals surface area contributed by atoms with Gasteiger partial charge in [-0.1, -0.05) is 12.1 Å². The molecule has 0 heterocycles. The van der Waals surface area contributed by atoms with E-state index in [1.165, 1.54) is 55.6 Å². The number of rotatable bonds is 6. The molecule has 0 saturated carbocycles. The minimum Gasteiger partial charge on any atom is -0.465 e. The van der Waals surface area contributed by atoms with E-state index in [0.717, 1.165) is 0 Å². The zero-order valence-corrected chi connectivity index (χ0v) is 15.3. The van der Waals surface area contributed by atoms with Gasteiger partial charge in [-0.2, -0.15) is 0 Å². The maximum absolute atomic E-state index is 13.6. The number of nitrogens with two attached hydrogens (primary N) is 1. The lowest BCUT2D eigenvalue weighted by molar-refractivity contribution is 0.0597. The van der Waals surface area contributed by atoms with Gasteiger partial charge in [0.05, 0.1) is 29.6 Å².